The van der Waals surface area contributed by atoms with Gasteiger partial charge in [-0.15, -0.1) is 0 Å². The molecular weight excluding hydrogens is 500 g/mol. The SMILES string of the molecule is O=C(Cc1c[nH]c2ccccc12)N[C@@H]1C(=O)N2[C@H](CC[C@H]2C(=O)NCc2ccccc2)C[C@H]1Cc1ccccc1. The number of benzene rings is 3. The number of nitrogens with zero attached hydrogens (tertiary/aromatic N) is 1. The summed E-state index contributed by atoms with van der Waals surface area (Å²) in [6.45, 7) is 0.421. The molecule has 7 nitrogen and oxygen atoms in total. The maximum absolute atomic E-state index is 14.1. The number of hydrogen-bond acceptors (Lipinski definition) is 3. The number of para-hydroxylation sites is 1. The summed E-state index contributed by atoms with van der Waals surface area (Å²) in [6.07, 6.45) is 4.90. The lowest BCUT2D eigenvalue weighted by Crippen LogP contribution is -2.62. The Morgan fingerprint density at radius 1 is 0.875 bits per heavy atom. The van der Waals surface area contributed by atoms with Crippen molar-refractivity contribution in [1.29, 1.82) is 0 Å². The van der Waals surface area contributed by atoms with Crippen molar-refractivity contribution < 1.29 is 14.4 Å². The highest BCUT2D eigenvalue weighted by Crippen LogP contribution is 2.37. The number of rotatable bonds is 8. The van der Waals surface area contributed by atoms with Crippen LogP contribution < -0.4 is 10.6 Å². The van der Waals surface area contributed by atoms with Crippen molar-refractivity contribution in [1.82, 2.24) is 20.5 Å². The third kappa shape index (κ3) is 5.37. The first-order chi connectivity index (χ1) is 19.6. The quantitative estimate of drug-likeness (QED) is 0.317. The smallest absolute Gasteiger partial charge is 0.246 e. The summed E-state index contributed by atoms with van der Waals surface area (Å²) in [6, 6.07) is 26.5. The summed E-state index contributed by atoms with van der Waals surface area (Å²) < 4.78 is 0. The lowest BCUT2D eigenvalue weighted by atomic mass is 9.82. The Morgan fingerprint density at radius 3 is 2.35 bits per heavy atom. The van der Waals surface area contributed by atoms with Gasteiger partial charge >= 0.3 is 0 Å². The van der Waals surface area contributed by atoms with E-state index in [4.69, 9.17) is 0 Å². The van der Waals surface area contributed by atoms with Gasteiger partial charge in [0.2, 0.25) is 17.7 Å². The van der Waals surface area contributed by atoms with Gasteiger partial charge in [0.25, 0.3) is 0 Å². The predicted octanol–water partition coefficient (Wildman–Crippen LogP) is 4.13. The van der Waals surface area contributed by atoms with Crippen molar-refractivity contribution in [3.8, 4) is 0 Å². The number of piperidine rings is 1. The normalized spacial score (nSPS) is 22.2. The van der Waals surface area contributed by atoms with E-state index >= 15 is 0 Å². The fraction of sp³-hybridized carbons (Fsp3) is 0.303. The van der Waals surface area contributed by atoms with E-state index in [-0.39, 0.29) is 36.1 Å². The number of H-pyrrole nitrogens is 1. The number of aromatic amines is 1. The van der Waals surface area contributed by atoms with E-state index in [1.807, 2.05) is 79.0 Å². The lowest BCUT2D eigenvalue weighted by Gasteiger charge is -2.42. The zero-order valence-corrected chi connectivity index (χ0v) is 22.4. The summed E-state index contributed by atoms with van der Waals surface area (Å²) in [5.74, 6) is -0.523. The minimum Gasteiger partial charge on any atom is -0.361 e. The summed E-state index contributed by atoms with van der Waals surface area (Å²) >= 11 is 0. The van der Waals surface area contributed by atoms with E-state index < -0.39 is 12.1 Å². The van der Waals surface area contributed by atoms with Crippen molar-refractivity contribution in [3.05, 3.63) is 108 Å². The molecule has 7 heteroatoms. The third-order valence-electron chi connectivity index (χ3n) is 8.36. The van der Waals surface area contributed by atoms with Gasteiger partial charge in [0.1, 0.15) is 12.1 Å². The van der Waals surface area contributed by atoms with Gasteiger partial charge in [-0.3, -0.25) is 14.4 Å². The Labute approximate surface area is 234 Å². The molecule has 3 heterocycles. The minimum absolute atomic E-state index is 0.00421. The van der Waals surface area contributed by atoms with Crippen molar-refractivity contribution >= 4 is 28.6 Å². The van der Waals surface area contributed by atoms with Gasteiger partial charge in [0.05, 0.1) is 6.42 Å². The molecule has 0 unspecified atom stereocenters. The zero-order chi connectivity index (χ0) is 27.5. The summed E-state index contributed by atoms with van der Waals surface area (Å²) in [7, 11) is 0. The van der Waals surface area contributed by atoms with Crippen LogP contribution in [0.15, 0.2) is 91.1 Å². The average molecular weight is 535 g/mol. The molecule has 0 aliphatic carbocycles. The van der Waals surface area contributed by atoms with Crippen LogP contribution in [0.25, 0.3) is 10.9 Å². The Hall–Kier alpha value is -4.39. The van der Waals surface area contributed by atoms with E-state index in [0.717, 1.165) is 40.4 Å². The second kappa shape index (κ2) is 11.4. The molecule has 0 spiro atoms. The first-order valence-electron chi connectivity index (χ1n) is 14.1. The zero-order valence-electron chi connectivity index (χ0n) is 22.4. The summed E-state index contributed by atoms with van der Waals surface area (Å²) in [5, 5.41) is 7.12. The van der Waals surface area contributed by atoms with Crippen LogP contribution in [0, 0.1) is 5.92 Å². The van der Waals surface area contributed by atoms with Gasteiger partial charge < -0.3 is 20.5 Å². The van der Waals surface area contributed by atoms with Crippen LogP contribution >= 0.6 is 0 Å². The van der Waals surface area contributed by atoms with Crippen molar-refractivity contribution in [3.63, 3.8) is 0 Å². The number of amides is 3. The Balaban J connectivity index is 1.20. The molecule has 0 radical (unpaired) electrons. The van der Waals surface area contributed by atoms with Crippen LogP contribution in [0.1, 0.15) is 36.0 Å². The van der Waals surface area contributed by atoms with Gasteiger partial charge in [-0.1, -0.05) is 78.9 Å². The van der Waals surface area contributed by atoms with E-state index in [1.54, 1.807) is 4.90 Å². The van der Waals surface area contributed by atoms with Gasteiger partial charge in [-0.05, 0) is 54.4 Å². The van der Waals surface area contributed by atoms with E-state index in [2.05, 4.69) is 27.8 Å². The van der Waals surface area contributed by atoms with E-state index in [0.29, 0.717) is 19.4 Å². The van der Waals surface area contributed by atoms with Gasteiger partial charge in [0.15, 0.2) is 0 Å². The molecule has 6 rings (SSSR count). The molecule has 204 valence electrons. The first-order valence-corrected chi connectivity index (χ1v) is 14.1. The molecule has 1 aromatic heterocycles. The molecule has 40 heavy (non-hydrogen) atoms. The molecule has 3 aromatic carbocycles. The standard InChI is InChI=1S/C33H34N4O3/c38-30(19-25-21-34-28-14-8-7-13-27(25)28)36-31-24(17-22-9-3-1-4-10-22)18-26-15-16-29(37(26)33(31)40)32(39)35-20-23-11-5-2-6-12-23/h1-14,21,24,26,29,31,34H,15-20H2,(H,35,39)(H,36,38)/t24-,26-,29+,31+/m1/s1. The molecule has 0 bridgehead atoms. The van der Waals surface area contributed by atoms with Crippen molar-refractivity contribution in [2.75, 3.05) is 0 Å². The lowest BCUT2D eigenvalue weighted by molar-refractivity contribution is -0.148. The van der Waals surface area contributed by atoms with Crippen LogP contribution in [-0.2, 0) is 33.8 Å². The number of aromatic nitrogens is 1. The second-order valence-corrected chi connectivity index (χ2v) is 11.0. The number of carbonyl (C=O) groups is 3. The van der Waals surface area contributed by atoms with Crippen LogP contribution in [0.5, 0.6) is 0 Å². The van der Waals surface area contributed by atoms with E-state index in [9.17, 15) is 14.4 Å². The van der Waals surface area contributed by atoms with Crippen LogP contribution in [0.2, 0.25) is 0 Å². The van der Waals surface area contributed by atoms with Crippen molar-refractivity contribution in [2.24, 2.45) is 5.92 Å². The third-order valence-corrected chi connectivity index (χ3v) is 8.36. The van der Waals surface area contributed by atoms with Crippen molar-refractivity contribution in [2.45, 2.75) is 56.8 Å². The fourth-order valence-electron chi connectivity index (χ4n) is 6.43. The molecule has 4 aromatic rings. The van der Waals surface area contributed by atoms with Crippen LogP contribution in [0.3, 0.4) is 0 Å². The highest BCUT2D eigenvalue weighted by atomic mass is 16.2. The highest BCUT2D eigenvalue weighted by molar-refractivity contribution is 5.95. The molecule has 3 amide bonds. The second-order valence-electron chi connectivity index (χ2n) is 11.0. The number of fused-ring (bicyclic) bond motifs is 2. The number of hydrogen-bond donors (Lipinski definition) is 3. The predicted molar refractivity (Wildman–Crippen MR) is 154 cm³/mol. The number of carbonyl (C=O) groups excluding carboxylic acids is 3. The summed E-state index contributed by atoms with van der Waals surface area (Å²) in [5.41, 5.74) is 4.03. The largest absolute Gasteiger partial charge is 0.361 e. The maximum Gasteiger partial charge on any atom is 0.246 e. The molecule has 2 fully saturated rings. The Morgan fingerprint density at radius 2 is 1.57 bits per heavy atom. The van der Waals surface area contributed by atoms with Crippen LogP contribution in [0.4, 0.5) is 0 Å². The maximum atomic E-state index is 14.1. The van der Waals surface area contributed by atoms with Gasteiger partial charge in [-0.2, -0.15) is 0 Å². The monoisotopic (exact) mass is 534 g/mol. The Bertz CT molecular complexity index is 1500. The number of nitrogens with one attached hydrogen (secondary N) is 3. The minimum atomic E-state index is -0.684. The molecule has 3 N–H and O–H groups in total. The fourth-order valence-corrected chi connectivity index (χ4v) is 6.43. The van der Waals surface area contributed by atoms with Crippen LogP contribution in [-0.4, -0.2) is 45.7 Å². The average Bonchev–Trinajstić information content (AvgIpc) is 3.59. The Kier molecular flexibility index (Phi) is 7.36. The molecular formula is C33H34N4O3. The van der Waals surface area contributed by atoms with Gasteiger partial charge in [0, 0.05) is 29.7 Å². The summed E-state index contributed by atoms with van der Waals surface area (Å²) in [4.78, 5) is 45.7. The van der Waals surface area contributed by atoms with Gasteiger partial charge in [-0.25, -0.2) is 0 Å². The topological polar surface area (TPSA) is 94.3 Å². The molecule has 4 atom stereocenters. The highest BCUT2D eigenvalue weighted by Gasteiger charge is 2.49. The molecule has 2 saturated heterocycles. The first kappa shape index (κ1) is 25.9. The molecule has 2 aliphatic heterocycles. The molecule has 0 saturated carbocycles. The molecule has 2 aliphatic rings. The van der Waals surface area contributed by atoms with E-state index in [1.165, 1.54) is 0 Å².